The molecule has 0 saturated carbocycles. The van der Waals surface area contributed by atoms with E-state index in [0.717, 1.165) is 44.3 Å². The van der Waals surface area contributed by atoms with Gasteiger partial charge in [-0.25, -0.2) is 4.79 Å². The molecule has 0 atom stereocenters. The smallest absolute Gasteiger partial charge is 0.353 e. The molecule has 4 heteroatoms. The maximum Gasteiger partial charge on any atom is 0.353 e. The normalized spacial score (nSPS) is 11.7. The number of rotatable bonds is 5. The maximum atomic E-state index is 12.8. The first-order valence-electron chi connectivity index (χ1n) is 12.5. The van der Waals surface area contributed by atoms with Crippen molar-refractivity contribution in [3.8, 4) is 28.0 Å². The van der Waals surface area contributed by atoms with Crippen molar-refractivity contribution in [2.45, 2.75) is 39.7 Å². The number of aromatic nitrogens is 1. The summed E-state index contributed by atoms with van der Waals surface area (Å²) in [5.74, 6) is -0.720. The van der Waals surface area contributed by atoms with Gasteiger partial charge in [0, 0.05) is 23.0 Å². The Morgan fingerprint density at radius 1 is 0.811 bits per heavy atom. The largest absolute Gasteiger partial charge is 0.508 e. The monoisotopic (exact) mass is 489 g/mol. The standard InChI is InChI=1S/C33H31NO3/c1-21-9-10-24(22-13-17-27(35)18-14-22)19-25(21)20-34-29-8-6-5-7-28(29)30(31(34)32(36)37)23-11-15-26(16-12-23)33(2,3)4/h5-19,35H,20H2,1-4H3,(H,36,37). The molecule has 0 spiro atoms. The zero-order valence-electron chi connectivity index (χ0n) is 21.6. The van der Waals surface area contributed by atoms with Gasteiger partial charge in [0.05, 0.1) is 0 Å². The molecule has 0 aliphatic rings. The molecule has 0 bridgehead atoms. The fraction of sp³-hybridized carbons (Fsp3) is 0.182. The van der Waals surface area contributed by atoms with Crippen LogP contribution < -0.4 is 0 Å². The molecule has 1 aromatic heterocycles. The zero-order chi connectivity index (χ0) is 26.3. The number of aryl methyl sites for hydroxylation is 1. The highest BCUT2D eigenvalue weighted by molar-refractivity contribution is 6.08. The number of aromatic hydroxyl groups is 1. The van der Waals surface area contributed by atoms with E-state index < -0.39 is 5.97 Å². The number of hydrogen-bond acceptors (Lipinski definition) is 2. The maximum absolute atomic E-state index is 12.8. The second kappa shape index (κ2) is 9.29. The lowest BCUT2D eigenvalue weighted by Crippen LogP contribution is -2.12. The summed E-state index contributed by atoms with van der Waals surface area (Å²) in [6.07, 6.45) is 0. The number of hydrogen-bond donors (Lipinski definition) is 2. The number of para-hydroxylation sites is 1. The van der Waals surface area contributed by atoms with Crippen molar-refractivity contribution >= 4 is 16.9 Å². The van der Waals surface area contributed by atoms with E-state index in [-0.39, 0.29) is 11.2 Å². The van der Waals surface area contributed by atoms with Crippen molar-refractivity contribution in [2.75, 3.05) is 0 Å². The van der Waals surface area contributed by atoms with Gasteiger partial charge < -0.3 is 14.8 Å². The number of carboxylic acid groups (broad SMARTS) is 1. The van der Waals surface area contributed by atoms with Gasteiger partial charge in [0.15, 0.2) is 0 Å². The van der Waals surface area contributed by atoms with Crippen LogP contribution in [0.1, 0.15) is 48.0 Å². The molecule has 4 aromatic carbocycles. The minimum Gasteiger partial charge on any atom is -0.508 e. The van der Waals surface area contributed by atoms with E-state index in [0.29, 0.717) is 12.2 Å². The highest BCUT2D eigenvalue weighted by Crippen LogP contribution is 2.37. The van der Waals surface area contributed by atoms with Gasteiger partial charge in [0.1, 0.15) is 11.4 Å². The summed E-state index contributed by atoms with van der Waals surface area (Å²) in [7, 11) is 0. The molecule has 0 fully saturated rings. The summed E-state index contributed by atoms with van der Waals surface area (Å²) < 4.78 is 1.92. The Hall–Kier alpha value is -4.31. The summed E-state index contributed by atoms with van der Waals surface area (Å²) in [5.41, 5.74) is 8.20. The average molecular weight is 490 g/mol. The minimum absolute atomic E-state index is 0.0161. The molecule has 5 aromatic rings. The van der Waals surface area contributed by atoms with Gasteiger partial charge in [0.25, 0.3) is 0 Å². The molecule has 0 radical (unpaired) electrons. The van der Waals surface area contributed by atoms with E-state index in [2.05, 4.69) is 51.1 Å². The number of fused-ring (bicyclic) bond motifs is 1. The Balaban J connectivity index is 1.66. The molecule has 0 aliphatic heterocycles. The average Bonchev–Trinajstić information content (AvgIpc) is 3.20. The third-order valence-corrected chi connectivity index (χ3v) is 7.09. The van der Waals surface area contributed by atoms with Crippen molar-refractivity contribution in [3.63, 3.8) is 0 Å². The van der Waals surface area contributed by atoms with Gasteiger partial charge in [-0.15, -0.1) is 0 Å². The topological polar surface area (TPSA) is 62.5 Å². The van der Waals surface area contributed by atoms with E-state index in [9.17, 15) is 15.0 Å². The Kier molecular flexibility index (Phi) is 6.12. The number of phenols is 1. The lowest BCUT2D eigenvalue weighted by molar-refractivity contribution is 0.0687. The second-order valence-corrected chi connectivity index (χ2v) is 10.6. The first-order chi connectivity index (χ1) is 17.6. The van der Waals surface area contributed by atoms with E-state index in [4.69, 9.17) is 0 Å². The van der Waals surface area contributed by atoms with Gasteiger partial charge in [-0.05, 0) is 70.0 Å². The molecule has 4 nitrogen and oxygen atoms in total. The van der Waals surface area contributed by atoms with Crippen LogP contribution in [0.3, 0.4) is 0 Å². The number of aromatic carboxylic acids is 1. The molecular formula is C33H31NO3. The molecule has 0 unspecified atom stereocenters. The van der Waals surface area contributed by atoms with Gasteiger partial charge in [0.2, 0.25) is 0 Å². The Labute approximate surface area is 217 Å². The summed E-state index contributed by atoms with van der Waals surface area (Å²) in [4.78, 5) is 12.8. The van der Waals surface area contributed by atoms with Gasteiger partial charge in [-0.1, -0.05) is 87.5 Å². The highest BCUT2D eigenvalue weighted by atomic mass is 16.4. The third kappa shape index (κ3) is 4.63. The summed E-state index contributed by atoms with van der Waals surface area (Å²) in [6.45, 7) is 9.00. The molecule has 186 valence electrons. The van der Waals surface area contributed by atoms with Crippen LogP contribution >= 0.6 is 0 Å². The van der Waals surface area contributed by atoms with E-state index >= 15 is 0 Å². The number of benzene rings is 4. The first kappa shape index (κ1) is 24.4. The SMILES string of the molecule is Cc1ccc(-c2ccc(O)cc2)cc1Cn1c(C(=O)O)c(-c2ccc(C(C)(C)C)cc2)c2ccccc21. The van der Waals surface area contributed by atoms with Crippen molar-refractivity contribution < 1.29 is 15.0 Å². The summed E-state index contributed by atoms with van der Waals surface area (Å²) in [5, 5.41) is 21.1. The molecule has 5 rings (SSSR count). The third-order valence-electron chi connectivity index (χ3n) is 7.09. The van der Waals surface area contributed by atoms with Crippen molar-refractivity contribution in [3.05, 3.63) is 113 Å². The van der Waals surface area contributed by atoms with Crippen LogP contribution in [0.2, 0.25) is 0 Å². The first-order valence-corrected chi connectivity index (χ1v) is 12.5. The fourth-order valence-electron chi connectivity index (χ4n) is 4.96. The van der Waals surface area contributed by atoms with Gasteiger partial charge >= 0.3 is 5.97 Å². The quantitative estimate of drug-likeness (QED) is 0.263. The minimum atomic E-state index is -0.946. The lowest BCUT2D eigenvalue weighted by Gasteiger charge is -2.19. The Morgan fingerprint density at radius 3 is 2.08 bits per heavy atom. The van der Waals surface area contributed by atoms with Crippen LogP contribution in [0.25, 0.3) is 33.2 Å². The Morgan fingerprint density at radius 2 is 1.43 bits per heavy atom. The van der Waals surface area contributed by atoms with Crippen molar-refractivity contribution in [2.24, 2.45) is 0 Å². The van der Waals surface area contributed by atoms with Crippen LogP contribution in [-0.2, 0) is 12.0 Å². The van der Waals surface area contributed by atoms with Crippen LogP contribution in [0.15, 0.2) is 91.0 Å². The summed E-state index contributed by atoms with van der Waals surface area (Å²) in [6, 6.07) is 29.5. The molecule has 0 aliphatic carbocycles. The fourth-order valence-corrected chi connectivity index (χ4v) is 4.96. The molecule has 0 saturated heterocycles. The number of carboxylic acids is 1. The van der Waals surface area contributed by atoms with Crippen molar-refractivity contribution in [1.82, 2.24) is 4.57 Å². The predicted molar refractivity (Wildman–Crippen MR) is 150 cm³/mol. The van der Waals surface area contributed by atoms with Crippen LogP contribution in [0.4, 0.5) is 0 Å². The molecular weight excluding hydrogens is 458 g/mol. The highest BCUT2D eigenvalue weighted by Gasteiger charge is 2.24. The number of carbonyl (C=O) groups is 1. The molecule has 2 N–H and O–H groups in total. The van der Waals surface area contributed by atoms with Crippen LogP contribution in [-0.4, -0.2) is 20.7 Å². The number of nitrogens with zero attached hydrogens (tertiary/aromatic N) is 1. The Bertz CT molecular complexity index is 1600. The van der Waals surface area contributed by atoms with Gasteiger partial charge in [-0.3, -0.25) is 0 Å². The zero-order valence-corrected chi connectivity index (χ0v) is 21.6. The van der Waals surface area contributed by atoms with E-state index in [1.165, 1.54) is 5.56 Å². The molecule has 1 heterocycles. The number of phenolic OH excluding ortho intramolecular Hbond substituents is 1. The predicted octanol–water partition coefficient (Wildman–Crippen LogP) is 8.03. The van der Waals surface area contributed by atoms with Crippen molar-refractivity contribution in [1.29, 1.82) is 0 Å². The van der Waals surface area contributed by atoms with Crippen LogP contribution in [0, 0.1) is 6.92 Å². The van der Waals surface area contributed by atoms with Gasteiger partial charge in [-0.2, -0.15) is 0 Å². The van der Waals surface area contributed by atoms with Crippen LogP contribution in [0.5, 0.6) is 5.75 Å². The second-order valence-electron chi connectivity index (χ2n) is 10.6. The molecule has 37 heavy (non-hydrogen) atoms. The van der Waals surface area contributed by atoms with E-state index in [1.54, 1.807) is 12.1 Å². The summed E-state index contributed by atoms with van der Waals surface area (Å²) >= 11 is 0. The lowest BCUT2D eigenvalue weighted by atomic mass is 9.86. The molecule has 0 amide bonds. The van der Waals surface area contributed by atoms with E-state index in [1.807, 2.05) is 60.0 Å².